The van der Waals surface area contributed by atoms with Gasteiger partial charge in [0.1, 0.15) is 10.6 Å². The molecule has 0 spiro atoms. The average molecular weight is 392 g/mol. The van der Waals surface area contributed by atoms with Crippen molar-refractivity contribution in [3.05, 3.63) is 51.2 Å². The molecular weight excluding hydrogens is 374 g/mol. The molecule has 1 N–H and O–H groups in total. The Labute approximate surface area is 159 Å². The van der Waals surface area contributed by atoms with Crippen molar-refractivity contribution in [2.45, 2.75) is 27.2 Å². The molecule has 0 aliphatic rings. The fraction of sp³-hybridized carbons (Fsp3) is 0.278. The molecule has 0 saturated carbocycles. The summed E-state index contributed by atoms with van der Waals surface area (Å²) in [4.78, 5) is 30.0. The molecule has 3 rings (SSSR count). The van der Waals surface area contributed by atoms with Crippen molar-refractivity contribution >= 4 is 45.5 Å². The van der Waals surface area contributed by atoms with Crippen molar-refractivity contribution in [3.8, 4) is 0 Å². The maximum Gasteiger partial charge on any atom is 0.341 e. The minimum absolute atomic E-state index is 0.0948. The number of thiophene rings is 1. The number of ether oxygens (including phenoxy) is 1. The minimum atomic E-state index is -0.424. The molecule has 26 heavy (non-hydrogen) atoms. The van der Waals surface area contributed by atoms with E-state index in [1.54, 1.807) is 35.9 Å². The van der Waals surface area contributed by atoms with Crippen LogP contribution in [-0.2, 0) is 16.0 Å². The summed E-state index contributed by atoms with van der Waals surface area (Å²) in [6.45, 7) is 5.79. The van der Waals surface area contributed by atoms with Crippen molar-refractivity contribution in [2.75, 3.05) is 11.9 Å². The predicted octanol–water partition coefficient (Wildman–Crippen LogP) is 4.02. The third kappa shape index (κ3) is 3.73. The van der Waals surface area contributed by atoms with Gasteiger partial charge in [0.15, 0.2) is 0 Å². The normalized spacial score (nSPS) is 10.9. The first-order chi connectivity index (χ1) is 12.4. The molecule has 3 aromatic heterocycles. The van der Waals surface area contributed by atoms with Crippen LogP contribution in [0.25, 0.3) is 5.65 Å². The minimum Gasteiger partial charge on any atom is -0.462 e. The lowest BCUT2D eigenvalue weighted by atomic mass is 10.1. The predicted molar refractivity (Wildman–Crippen MR) is 102 cm³/mol. The quantitative estimate of drug-likeness (QED) is 0.666. The number of halogens is 1. The zero-order valence-electron chi connectivity index (χ0n) is 14.6. The molecule has 0 aromatic carbocycles. The molecule has 6 nitrogen and oxygen atoms in total. The fourth-order valence-corrected chi connectivity index (χ4v) is 3.83. The van der Waals surface area contributed by atoms with Gasteiger partial charge in [-0.3, -0.25) is 4.79 Å². The third-order valence-electron chi connectivity index (χ3n) is 3.92. The summed E-state index contributed by atoms with van der Waals surface area (Å²) in [5.74, 6) is -0.668. The van der Waals surface area contributed by atoms with E-state index in [9.17, 15) is 9.59 Å². The van der Waals surface area contributed by atoms with Crippen molar-refractivity contribution in [1.29, 1.82) is 0 Å². The van der Waals surface area contributed by atoms with Crippen LogP contribution in [0.2, 0.25) is 5.02 Å². The number of fused-ring (bicyclic) bond motifs is 1. The summed E-state index contributed by atoms with van der Waals surface area (Å²) < 4.78 is 6.87. The van der Waals surface area contributed by atoms with Crippen LogP contribution in [0.15, 0.2) is 24.5 Å². The molecule has 0 bridgehead atoms. The number of imidazole rings is 1. The second-order valence-corrected chi connectivity index (χ2v) is 7.44. The highest BCUT2D eigenvalue weighted by Crippen LogP contribution is 2.33. The Morgan fingerprint density at radius 3 is 2.81 bits per heavy atom. The maximum atomic E-state index is 12.4. The van der Waals surface area contributed by atoms with Crippen molar-refractivity contribution in [1.82, 2.24) is 9.38 Å². The lowest BCUT2D eigenvalue weighted by molar-refractivity contribution is -0.115. The van der Waals surface area contributed by atoms with Crippen molar-refractivity contribution in [3.63, 3.8) is 0 Å². The molecule has 3 aromatic rings. The number of aryl methyl sites for hydroxylation is 1. The maximum absolute atomic E-state index is 12.4. The van der Waals surface area contributed by atoms with Gasteiger partial charge < -0.3 is 14.5 Å². The molecule has 0 atom stereocenters. The van der Waals surface area contributed by atoms with Crippen LogP contribution < -0.4 is 5.32 Å². The summed E-state index contributed by atoms with van der Waals surface area (Å²) in [5, 5.41) is 3.92. The Hall–Kier alpha value is -2.38. The number of amides is 1. The number of pyridine rings is 1. The van der Waals surface area contributed by atoms with E-state index in [1.807, 2.05) is 13.8 Å². The topological polar surface area (TPSA) is 72.7 Å². The van der Waals surface area contributed by atoms with Gasteiger partial charge in [-0.1, -0.05) is 11.6 Å². The van der Waals surface area contributed by atoms with Crippen LogP contribution in [0, 0.1) is 13.8 Å². The summed E-state index contributed by atoms with van der Waals surface area (Å²) in [7, 11) is 0. The Morgan fingerprint density at radius 1 is 1.31 bits per heavy atom. The monoisotopic (exact) mass is 391 g/mol. The zero-order valence-corrected chi connectivity index (χ0v) is 16.2. The number of nitrogens with one attached hydrogen (secondary N) is 1. The lowest BCUT2D eigenvalue weighted by Crippen LogP contribution is -2.16. The van der Waals surface area contributed by atoms with Gasteiger partial charge in [-0.05, 0) is 38.5 Å². The number of esters is 1. The van der Waals surface area contributed by atoms with Crippen LogP contribution in [-0.4, -0.2) is 27.9 Å². The summed E-state index contributed by atoms with van der Waals surface area (Å²) in [6.07, 6.45) is 3.59. The molecule has 3 heterocycles. The van der Waals surface area contributed by atoms with Gasteiger partial charge in [-0.25, -0.2) is 9.78 Å². The smallest absolute Gasteiger partial charge is 0.341 e. The molecule has 0 radical (unpaired) electrons. The van der Waals surface area contributed by atoms with Crippen LogP contribution in [0.1, 0.15) is 33.4 Å². The van der Waals surface area contributed by atoms with E-state index in [1.165, 1.54) is 11.3 Å². The molecule has 0 aliphatic heterocycles. The Bertz CT molecular complexity index is 993. The van der Waals surface area contributed by atoms with Gasteiger partial charge in [0.05, 0.1) is 29.3 Å². The SMILES string of the molecule is CCOC(=O)c1c(NC(=O)Cc2cn3cc(Cl)ccc3n2)sc(C)c1C. The van der Waals surface area contributed by atoms with Crippen molar-refractivity contribution in [2.24, 2.45) is 0 Å². The number of carbonyl (C=O) groups is 2. The van der Waals surface area contributed by atoms with Gasteiger partial charge in [0.2, 0.25) is 5.91 Å². The summed E-state index contributed by atoms with van der Waals surface area (Å²) in [5.41, 5.74) is 2.58. The molecule has 0 saturated heterocycles. The van der Waals surface area contributed by atoms with E-state index in [0.717, 1.165) is 10.4 Å². The first kappa shape index (κ1) is 18.4. The number of carbonyl (C=O) groups excluding carboxylic acids is 2. The molecule has 136 valence electrons. The van der Waals surface area contributed by atoms with Crippen LogP contribution in [0.4, 0.5) is 5.00 Å². The third-order valence-corrected chi connectivity index (χ3v) is 5.27. The van der Waals surface area contributed by atoms with Gasteiger partial charge in [0.25, 0.3) is 0 Å². The number of aromatic nitrogens is 2. The van der Waals surface area contributed by atoms with Crippen molar-refractivity contribution < 1.29 is 14.3 Å². The first-order valence-electron chi connectivity index (χ1n) is 8.09. The van der Waals surface area contributed by atoms with E-state index in [4.69, 9.17) is 16.3 Å². The number of hydrogen-bond acceptors (Lipinski definition) is 5. The number of anilines is 1. The molecule has 0 unspecified atom stereocenters. The van der Waals surface area contributed by atoms with E-state index in [2.05, 4.69) is 10.3 Å². The second-order valence-electron chi connectivity index (χ2n) is 5.78. The van der Waals surface area contributed by atoms with E-state index in [-0.39, 0.29) is 18.9 Å². The standard InChI is InChI=1S/C18H18ClN3O3S/c1-4-25-18(24)16-10(2)11(3)26-17(16)21-15(23)7-13-9-22-8-12(19)5-6-14(22)20-13/h5-6,8-9H,4,7H2,1-3H3,(H,21,23). The molecular formula is C18H18ClN3O3S. The first-order valence-corrected chi connectivity index (χ1v) is 9.28. The van der Waals surface area contributed by atoms with Gasteiger partial charge >= 0.3 is 5.97 Å². The van der Waals surface area contributed by atoms with E-state index in [0.29, 0.717) is 26.9 Å². The fourth-order valence-electron chi connectivity index (χ4n) is 2.60. The Morgan fingerprint density at radius 2 is 2.08 bits per heavy atom. The largest absolute Gasteiger partial charge is 0.462 e. The van der Waals surface area contributed by atoms with Crippen LogP contribution in [0.3, 0.4) is 0 Å². The van der Waals surface area contributed by atoms with Crippen LogP contribution >= 0.6 is 22.9 Å². The molecule has 0 aliphatic carbocycles. The lowest BCUT2D eigenvalue weighted by Gasteiger charge is -2.06. The Kier molecular flexibility index (Phi) is 5.29. The molecule has 8 heteroatoms. The number of nitrogens with zero attached hydrogens (tertiary/aromatic N) is 2. The highest BCUT2D eigenvalue weighted by molar-refractivity contribution is 7.16. The molecule has 1 amide bonds. The van der Waals surface area contributed by atoms with Gasteiger partial charge in [-0.15, -0.1) is 11.3 Å². The van der Waals surface area contributed by atoms with Gasteiger partial charge in [-0.2, -0.15) is 0 Å². The summed E-state index contributed by atoms with van der Waals surface area (Å²) in [6, 6.07) is 3.53. The van der Waals surface area contributed by atoms with E-state index < -0.39 is 5.97 Å². The highest BCUT2D eigenvalue weighted by atomic mass is 35.5. The zero-order chi connectivity index (χ0) is 18.8. The highest BCUT2D eigenvalue weighted by Gasteiger charge is 2.22. The summed E-state index contributed by atoms with van der Waals surface area (Å²) >= 11 is 7.33. The second kappa shape index (κ2) is 7.47. The van der Waals surface area contributed by atoms with Crippen LogP contribution in [0.5, 0.6) is 0 Å². The Balaban J connectivity index is 1.79. The number of rotatable bonds is 5. The molecule has 0 fully saturated rings. The van der Waals surface area contributed by atoms with E-state index >= 15 is 0 Å². The van der Waals surface area contributed by atoms with Gasteiger partial charge in [0, 0.05) is 17.3 Å². The average Bonchev–Trinajstić information content (AvgIpc) is 3.07. The number of hydrogen-bond donors (Lipinski definition) is 1.